The predicted octanol–water partition coefficient (Wildman–Crippen LogP) is 1.64. The zero-order chi connectivity index (χ0) is 25.8. The minimum atomic E-state index is -0.384. The SMILES string of the molecule is CC(C)=CCn1c(N2CCCC(N)C2)nc2c1c(=O)n(CCc1ccc(NCC=O)cc1)c(=O)n2C. The van der Waals surface area contributed by atoms with E-state index in [1.807, 2.05) is 42.7 Å². The minimum Gasteiger partial charge on any atom is -0.378 e. The summed E-state index contributed by atoms with van der Waals surface area (Å²) in [4.78, 5) is 44.4. The maximum Gasteiger partial charge on any atom is 0.332 e. The van der Waals surface area contributed by atoms with Gasteiger partial charge in [-0.05, 0) is 50.8 Å². The van der Waals surface area contributed by atoms with Crippen LogP contribution in [0, 0.1) is 0 Å². The second-order valence-electron chi connectivity index (χ2n) is 9.62. The first-order chi connectivity index (χ1) is 17.3. The van der Waals surface area contributed by atoms with E-state index in [2.05, 4.69) is 16.3 Å². The number of anilines is 2. The van der Waals surface area contributed by atoms with Gasteiger partial charge in [-0.2, -0.15) is 4.98 Å². The average Bonchev–Trinajstić information content (AvgIpc) is 3.25. The van der Waals surface area contributed by atoms with E-state index in [9.17, 15) is 14.4 Å². The molecule has 0 saturated carbocycles. The van der Waals surface area contributed by atoms with Crippen molar-refractivity contribution in [3.05, 3.63) is 62.3 Å². The highest BCUT2D eigenvalue weighted by Crippen LogP contribution is 2.23. The highest BCUT2D eigenvalue weighted by molar-refractivity contribution is 5.74. The molecule has 1 saturated heterocycles. The van der Waals surface area contributed by atoms with Crippen molar-refractivity contribution in [1.29, 1.82) is 0 Å². The number of nitrogens with two attached hydrogens (primary N) is 1. The van der Waals surface area contributed by atoms with E-state index in [1.165, 1.54) is 9.13 Å². The van der Waals surface area contributed by atoms with Gasteiger partial charge in [0.05, 0.1) is 6.54 Å². The van der Waals surface area contributed by atoms with Crippen LogP contribution in [0.4, 0.5) is 11.6 Å². The van der Waals surface area contributed by atoms with E-state index in [0.717, 1.165) is 42.5 Å². The quantitative estimate of drug-likeness (QED) is 0.343. The van der Waals surface area contributed by atoms with Gasteiger partial charge >= 0.3 is 5.69 Å². The van der Waals surface area contributed by atoms with Gasteiger partial charge in [-0.15, -0.1) is 0 Å². The molecule has 1 aliphatic rings. The number of allylic oxidation sites excluding steroid dienone is 2. The lowest BCUT2D eigenvalue weighted by atomic mass is 10.1. The lowest BCUT2D eigenvalue weighted by Gasteiger charge is -2.31. The van der Waals surface area contributed by atoms with Gasteiger partial charge in [-0.1, -0.05) is 23.8 Å². The van der Waals surface area contributed by atoms with Crippen LogP contribution in [0.15, 0.2) is 45.5 Å². The Kier molecular flexibility index (Phi) is 7.73. The molecule has 3 N–H and O–H groups in total. The van der Waals surface area contributed by atoms with Crippen molar-refractivity contribution < 1.29 is 4.79 Å². The van der Waals surface area contributed by atoms with Crippen LogP contribution in [0.3, 0.4) is 0 Å². The molecule has 4 rings (SSSR count). The number of rotatable bonds is 9. The summed E-state index contributed by atoms with van der Waals surface area (Å²) in [6.45, 7) is 6.50. The predicted molar refractivity (Wildman–Crippen MR) is 143 cm³/mol. The maximum absolute atomic E-state index is 13.7. The molecule has 1 aromatic carbocycles. The molecule has 0 spiro atoms. The summed E-state index contributed by atoms with van der Waals surface area (Å²) in [5.41, 5.74) is 9.30. The number of fused-ring (bicyclic) bond motifs is 1. The number of aromatic nitrogens is 4. The zero-order valence-corrected chi connectivity index (χ0v) is 21.2. The fourth-order valence-electron chi connectivity index (χ4n) is 4.63. The fraction of sp³-hybridized carbons (Fsp3) is 0.462. The second kappa shape index (κ2) is 10.9. The molecule has 0 bridgehead atoms. The molecular weight excluding hydrogens is 458 g/mol. The van der Waals surface area contributed by atoms with E-state index in [0.29, 0.717) is 36.6 Å². The molecule has 36 heavy (non-hydrogen) atoms. The number of nitrogens with one attached hydrogen (secondary N) is 1. The minimum absolute atomic E-state index is 0.0518. The number of imidazole rings is 1. The lowest BCUT2D eigenvalue weighted by molar-refractivity contribution is -0.106. The Morgan fingerprint density at radius 1 is 1.19 bits per heavy atom. The number of aldehydes is 1. The summed E-state index contributed by atoms with van der Waals surface area (Å²) in [5.74, 6) is 0.681. The molecule has 1 fully saturated rings. The molecule has 10 nitrogen and oxygen atoms in total. The monoisotopic (exact) mass is 493 g/mol. The third kappa shape index (κ3) is 5.28. The van der Waals surface area contributed by atoms with Crippen LogP contribution in [0.1, 0.15) is 32.3 Å². The van der Waals surface area contributed by atoms with E-state index < -0.39 is 0 Å². The van der Waals surface area contributed by atoms with Crippen molar-refractivity contribution in [2.75, 3.05) is 29.9 Å². The summed E-state index contributed by atoms with van der Waals surface area (Å²) in [5, 5.41) is 3.00. The number of carbonyl (C=O) groups excluding carboxylic acids is 1. The van der Waals surface area contributed by atoms with E-state index in [1.54, 1.807) is 7.05 Å². The molecule has 1 atom stereocenters. The Labute approximate surface area is 210 Å². The molecule has 0 amide bonds. The summed E-state index contributed by atoms with van der Waals surface area (Å²) >= 11 is 0. The first kappa shape index (κ1) is 25.4. The van der Waals surface area contributed by atoms with Crippen molar-refractivity contribution in [1.82, 2.24) is 18.7 Å². The van der Waals surface area contributed by atoms with E-state index in [-0.39, 0.29) is 30.4 Å². The van der Waals surface area contributed by atoms with Gasteiger partial charge in [0.1, 0.15) is 6.29 Å². The van der Waals surface area contributed by atoms with Crippen LogP contribution in [0.25, 0.3) is 11.2 Å². The molecule has 3 heterocycles. The summed E-state index contributed by atoms with van der Waals surface area (Å²) < 4.78 is 4.69. The third-order valence-corrected chi connectivity index (χ3v) is 6.60. The first-order valence-corrected chi connectivity index (χ1v) is 12.4. The Bertz CT molecular complexity index is 1380. The first-order valence-electron chi connectivity index (χ1n) is 12.4. The molecule has 2 aromatic heterocycles. The molecule has 10 heteroatoms. The van der Waals surface area contributed by atoms with E-state index in [4.69, 9.17) is 10.7 Å². The molecule has 3 aromatic rings. The molecule has 0 radical (unpaired) electrons. The smallest absolute Gasteiger partial charge is 0.332 e. The highest BCUT2D eigenvalue weighted by atomic mass is 16.2. The topological polar surface area (TPSA) is 120 Å². The second-order valence-corrected chi connectivity index (χ2v) is 9.62. The zero-order valence-electron chi connectivity index (χ0n) is 21.2. The van der Waals surface area contributed by atoms with Crippen LogP contribution in [0.5, 0.6) is 0 Å². The summed E-state index contributed by atoms with van der Waals surface area (Å²) in [7, 11) is 1.66. The van der Waals surface area contributed by atoms with Gasteiger partial charge in [0.2, 0.25) is 5.95 Å². The van der Waals surface area contributed by atoms with E-state index >= 15 is 0 Å². The number of hydrogen-bond acceptors (Lipinski definition) is 7. The van der Waals surface area contributed by atoms with Gasteiger partial charge in [0.25, 0.3) is 5.56 Å². The standard InChI is InChI=1S/C26H35N7O3/c1-18(2)10-14-32-22-23(29-25(32)31-13-4-5-20(27)17-31)30(3)26(36)33(24(22)35)15-11-19-6-8-21(9-7-19)28-12-16-34/h6-10,16,20,28H,4-5,11-15,17,27H2,1-3H3. The number of nitrogens with zero attached hydrogens (tertiary/aromatic N) is 5. The van der Waals surface area contributed by atoms with Gasteiger partial charge < -0.3 is 25.3 Å². The van der Waals surface area contributed by atoms with Crippen LogP contribution in [0.2, 0.25) is 0 Å². The molecule has 1 aliphatic heterocycles. The summed E-state index contributed by atoms with van der Waals surface area (Å²) in [6.07, 6.45) is 5.30. The van der Waals surface area contributed by atoms with Crippen molar-refractivity contribution in [3.63, 3.8) is 0 Å². The van der Waals surface area contributed by atoms with Crippen LogP contribution >= 0.6 is 0 Å². The van der Waals surface area contributed by atoms with Crippen molar-refractivity contribution in [2.45, 2.75) is 52.2 Å². The fourth-order valence-corrected chi connectivity index (χ4v) is 4.63. The van der Waals surface area contributed by atoms with Gasteiger partial charge in [-0.3, -0.25) is 13.9 Å². The summed E-state index contributed by atoms with van der Waals surface area (Å²) in [6, 6.07) is 7.67. The molecular formula is C26H35N7O3. The largest absolute Gasteiger partial charge is 0.378 e. The van der Waals surface area contributed by atoms with Crippen LogP contribution in [-0.2, 0) is 31.4 Å². The van der Waals surface area contributed by atoms with Crippen LogP contribution < -0.4 is 27.2 Å². The van der Waals surface area contributed by atoms with Crippen molar-refractivity contribution >= 4 is 29.1 Å². The Hall–Kier alpha value is -3.66. The Balaban J connectivity index is 1.73. The third-order valence-electron chi connectivity index (χ3n) is 6.60. The van der Waals surface area contributed by atoms with Crippen molar-refractivity contribution in [3.8, 4) is 0 Å². The Morgan fingerprint density at radius 2 is 1.94 bits per heavy atom. The number of hydrogen-bond donors (Lipinski definition) is 2. The van der Waals surface area contributed by atoms with Gasteiger partial charge in [0.15, 0.2) is 11.2 Å². The normalized spacial score (nSPS) is 15.8. The number of aryl methyl sites for hydroxylation is 2. The average molecular weight is 494 g/mol. The molecule has 0 aliphatic carbocycles. The number of benzene rings is 1. The maximum atomic E-state index is 13.7. The molecule has 192 valence electrons. The van der Waals surface area contributed by atoms with Crippen molar-refractivity contribution in [2.24, 2.45) is 12.8 Å². The Morgan fingerprint density at radius 3 is 2.61 bits per heavy atom. The number of carbonyl (C=O) groups is 1. The number of piperidine rings is 1. The molecule has 1 unspecified atom stereocenters. The lowest BCUT2D eigenvalue weighted by Crippen LogP contribution is -2.44. The van der Waals surface area contributed by atoms with Gasteiger partial charge in [0, 0.05) is 45.0 Å². The highest BCUT2D eigenvalue weighted by Gasteiger charge is 2.26. The van der Waals surface area contributed by atoms with Crippen LogP contribution in [-0.4, -0.2) is 50.6 Å². The van der Waals surface area contributed by atoms with Gasteiger partial charge in [-0.25, -0.2) is 4.79 Å².